The highest BCUT2D eigenvalue weighted by molar-refractivity contribution is 6.30. The summed E-state index contributed by atoms with van der Waals surface area (Å²) in [7, 11) is 0. The molecular weight excluding hydrogens is 274 g/mol. The zero-order valence-electron chi connectivity index (χ0n) is 12.1. The van der Waals surface area contributed by atoms with Crippen molar-refractivity contribution >= 4 is 11.6 Å². The summed E-state index contributed by atoms with van der Waals surface area (Å²) in [4.78, 5) is 0. The molecule has 0 saturated carbocycles. The van der Waals surface area contributed by atoms with Gasteiger partial charge in [-0.2, -0.15) is 0 Å². The highest BCUT2D eigenvalue weighted by Gasteiger charge is 2.19. The Morgan fingerprint density at radius 3 is 2.65 bits per heavy atom. The molecule has 0 spiro atoms. The number of hydrogen-bond acceptors (Lipinski definition) is 3. The van der Waals surface area contributed by atoms with Crippen molar-refractivity contribution in [3.8, 4) is 5.75 Å². The fraction of sp³-hybridized carbons (Fsp3) is 0.625. The standard InChI is InChI=1S/C16H24ClNO2/c1-2-18-15(11-13-7-9-19-10-8-13)12-20-16-5-3-14(17)4-6-16/h3-6,13,15,18H,2,7-12H2,1H3. The lowest BCUT2D eigenvalue weighted by molar-refractivity contribution is 0.0582. The van der Waals surface area contributed by atoms with Crippen LogP contribution >= 0.6 is 11.6 Å². The van der Waals surface area contributed by atoms with Gasteiger partial charge in [-0.25, -0.2) is 0 Å². The van der Waals surface area contributed by atoms with E-state index in [1.54, 1.807) is 0 Å². The molecule has 0 amide bonds. The van der Waals surface area contributed by atoms with E-state index < -0.39 is 0 Å². The fourth-order valence-corrected chi connectivity index (χ4v) is 2.74. The highest BCUT2D eigenvalue weighted by Crippen LogP contribution is 2.21. The Labute approximate surface area is 126 Å². The van der Waals surface area contributed by atoms with Gasteiger partial charge in [0.25, 0.3) is 0 Å². The maximum Gasteiger partial charge on any atom is 0.119 e. The second-order valence-electron chi connectivity index (χ2n) is 5.31. The predicted molar refractivity (Wildman–Crippen MR) is 82.6 cm³/mol. The first-order valence-electron chi connectivity index (χ1n) is 7.47. The molecule has 2 rings (SSSR count). The Morgan fingerprint density at radius 2 is 2.00 bits per heavy atom. The Morgan fingerprint density at radius 1 is 1.30 bits per heavy atom. The van der Waals surface area contributed by atoms with E-state index in [1.807, 2.05) is 24.3 Å². The maximum absolute atomic E-state index is 5.87. The van der Waals surface area contributed by atoms with Crippen molar-refractivity contribution in [2.24, 2.45) is 5.92 Å². The molecule has 1 heterocycles. The van der Waals surface area contributed by atoms with E-state index >= 15 is 0 Å². The lowest BCUT2D eigenvalue weighted by Gasteiger charge is -2.27. The van der Waals surface area contributed by atoms with Gasteiger partial charge in [-0.1, -0.05) is 18.5 Å². The molecule has 1 unspecified atom stereocenters. The lowest BCUT2D eigenvalue weighted by Crippen LogP contribution is -2.37. The average Bonchev–Trinajstić information content (AvgIpc) is 2.48. The minimum absolute atomic E-state index is 0.402. The van der Waals surface area contributed by atoms with Crippen LogP contribution in [0.3, 0.4) is 0 Å². The molecule has 3 nitrogen and oxygen atoms in total. The molecule has 1 aliphatic heterocycles. The molecule has 1 atom stereocenters. The molecular formula is C16H24ClNO2. The van der Waals surface area contributed by atoms with Gasteiger partial charge >= 0.3 is 0 Å². The molecule has 112 valence electrons. The molecule has 1 aromatic rings. The van der Waals surface area contributed by atoms with Gasteiger partial charge in [-0.3, -0.25) is 0 Å². The smallest absolute Gasteiger partial charge is 0.119 e. The second kappa shape index (κ2) is 8.50. The van der Waals surface area contributed by atoms with Crippen molar-refractivity contribution in [1.29, 1.82) is 0 Å². The van der Waals surface area contributed by atoms with Crippen molar-refractivity contribution in [2.45, 2.75) is 32.2 Å². The number of rotatable bonds is 7. The third-order valence-electron chi connectivity index (χ3n) is 3.72. The minimum atomic E-state index is 0.402. The Kier molecular flexibility index (Phi) is 6.64. The number of hydrogen-bond donors (Lipinski definition) is 1. The van der Waals surface area contributed by atoms with E-state index in [0.717, 1.165) is 42.9 Å². The first kappa shape index (κ1) is 15.6. The van der Waals surface area contributed by atoms with Crippen LogP contribution in [0.5, 0.6) is 5.75 Å². The van der Waals surface area contributed by atoms with Crippen LogP contribution in [0.25, 0.3) is 0 Å². The molecule has 1 aromatic carbocycles. The third kappa shape index (κ3) is 5.31. The van der Waals surface area contributed by atoms with E-state index in [0.29, 0.717) is 12.6 Å². The first-order valence-corrected chi connectivity index (χ1v) is 7.85. The fourth-order valence-electron chi connectivity index (χ4n) is 2.61. The van der Waals surface area contributed by atoms with Gasteiger partial charge in [0.2, 0.25) is 0 Å². The Hall–Kier alpha value is -0.770. The quantitative estimate of drug-likeness (QED) is 0.835. The van der Waals surface area contributed by atoms with Crippen molar-refractivity contribution in [3.63, 3.8) is 0 Å². The summed E-state index contributed by atoms with van der Waals surface area (Å²) in [5.74, 6) is 1.63. The van der Waals surface area contributed by atoms with Crippen molar-refractivity contribution < 1.29 is 9.47 Å². The molecule has 1 fully saturated rings. The van der Waals surface area contributed by atoms with Gasteiger partial charge in [-0.05, 0) is 56.0 Å². The molecule has 0 aliphatic carbocycles. The predicted octanol–water partition coefficient (Wildman–Crippen LogP) is 3.51. The largest absolute Gasteiger partial charge is 0.492 e. The Balaban J connectivity index is 1.80. The van der Waals surface area contributed by atoms with Gasteiger partial charge in [0.15, 0.2) is 0 Å². The van der Waals surface area contributed by atoms with Crippen LogP contribution in [0.1, 0.15) is 26.2 Å². The van der Waals surface area contributed by atoms with Crippen LogP contribution in [0.15, 0.2) is 24.3 Å². The summed E-state index contributed by atoms with van der Waals surface area (Å²) in [6, 6.07) is 7.95. The number of benzene rings is 1. The summed E-state index contributed by atoms with van der Waals surface area (Å²) in [6.07, 6.45) is 3.50. The molecule has 0 bridgehead atoms. The lowest BCUT2D eigenvalue weighted by atomic mass is 9.93. The normalized spacial score (nSPS) is 17.9. The van der Waals surface area contributed by atoms with Crippen LogP contribution in [-0.4, -0.2) is 32.4 Å². The van der Waals surface area contributed by atoms with E-state index in [9.17, 15) is 0 Å². The zero-order chi connectivity index (χ0) is 14.2. The zero-order valence-corrected chi connectivity index (χ0v) is 12.9. The molecule has 1 N–H and O–H groups in total. The van der Waals surface area contributed by atoms with Crippen LogP contribution in [0.2, 0.25) is 5.02 Å². The van der Waals surface area contributed by atoms with E-state index in [-0.39, 0.29) is 0 Å². The molecule has 4 heteroatoms. The summed E-state index contributed by atoms with van der Waals surface area (Å²) < 4.78 is 11.3. The topological polar surface area (TPSA) is 30.5 Å². The monoisotopic (exact) mass is 297 g/mol. The van der Waals surface area contributed by atoms with Crippen LogP contribution in [0.4, 0.5) is 0 Å². The SMILES string of the molecule is CCNC(COc1ccc(Cl)cc1)CC1CCOCC1. The van der Waals surface area contributed by atoms with Gasteiger partial charge in [0, 0.05) is 24.3 Å². The summed E-state index contributed by atoms with van der Waals surface area (Å²) >= 11 is 5.87. The summed E-state index contributed by atoms with van der Waals surface area (Å²) in [6.45, 7) is 5.62. The summed E-state index contributed by atoms with van der Waals surface area (Å²) in [5.41, 5.74) is 0. The third-order valence-corrected chi connectivity index (χ3v) is 3.97. The molecule has 0 aromatic heterocycles. The first-order chi connectivity index (χ1) is 9.78. The van der Waals surface area contributed by atoms with Gasteiger partial charge in [0.1, 0.15) is 12.4 Å². The Bertz CT molecular complexity index is 377. The number of halogens is 1. The van der Waals surface area contributed by atoms with E-state index in [4.69, 9.17) is 21.1 Å². The van der Waals surface area contributed by atoms with E-state index in [1.165, 1.54) is 12.8 Å². The van der Waals surface area contributed by atoms with E-state index in [2.05, 4.69) is 12.2 Å². The summed E-state index contributed by atoms with van der Waals surface area (Å²) in [5, 5.41) is 4.26. The molecule has 1 saturated heterocycles. The number of likely N-dealkylation sites (N-methyl/N-ethyl adjacent to an activating group) is 1. The van der Waals surface area contributed by atoms with Crippen LogP contribution in [0, 0.1) is 5.92 Å². The number of nitrogens with one attached hydrogen (secondary N) is 1. The average molecular weight is 298 g/mol. The molecule has 1 aliphatic rings. The number of ether oxygens (including phenoxy) is 2. The maximum atomic E-state index is 5.87. The highest BCUT2D eigenvalue weighted by atomic mass is 35.5. The van der Waals surface area contributed by atoms with Crippen molar-refractivity contribution in [1.82, 2.24) is 5.32 Å². The molecule has 0 radical (unpaired) electrons. The van der Waals surface area contributed by atoms with Gasteiger partial charge in [-0.15, -0.1) is 0 Å². The van der Waals surface area contributed by atoms with Gasteiger partial charge < -0.3 is 14.8 Å². The molecule has 20 heavy (non-hydrogen) atoms. The van der Waals surface area contributed by atoms with Crippen LogP contribution < -0.4 is 10.1 Å². The van der Waals surface area contributed by atoms with Crippen molar-refractivity contribution in [3.05, 3.63) is 29.3 Å². The van der Waals surface area contributed by atoms with Crippen LogP contribution in [-0.2, 0) is 4.74 Å². The second-order valence-corrected chi connectivity index (χ2v) is 5.75. The van der Waals surface area contributed by atoms with Crippen molar-refractivity contribution in [2.75, 3.05) is 26.4 Å². The minimum Gasteiger partial charge on any atom is -0.492 e. The van der Waals surface area contributed by atoms with Gasteiger partial charge in [0.05, 0.1) is 0 Å².